The number of aliphatic hydroxyl groups excluding tert-OH is 1. The molecule has 0 bridgehead atoms. The van der Waals surface area contributed by atoms with Crippen LogP contribution in [0.25, 0.3) is 0 Å². The van der Waals surface area contributed by atoms with Gasteiger partial charge in [0.1, 0.15) is 5.82 Å². The van der Waals surface area contributed by atoms with Crippen molar-refractivity contribution < 1.29 is 9.50 Å². The van der Waals surface area contributed by atoms with Crippen LogP contribution in [0.4, 0.5) is 4.39 Å². The molecule has 2 nitrogen and oxygen atoms in total. The molecule has 1 aliphatic rings. The van der Waals surface area contributed by atoms with Crippen LogP contribution in [0, 0.1) is 5.82 Å². The van der Waals surface area contributed by atoms with Gasteiger partial charge in [-0.05, 0) is 56.5 Å². The van der Waals surface area contributed by atoms with Crippen LogP contribution in [-0.4, -0.2) is 29.0 Å². The summed E-state index contributed by atoms with van der Waals surface area (Å²) in [4.78, 5) is 1.11. The molecule has 0 heterocycles. The summed E-state index contributed by atoms with van der Waals surface area (Å²) in [5.41, 5.74) is -0.119. The lowest BCUT2D eigenvalue weighted by atomic mass is 9.82. The smallest absolute Gasteiger partial charge is 0.123 e. The van der Waals surface area contributed by atoms with Gasteiger partial charge >= 0.3 is 0 Å². The fourth-order valence-electron chi connectivity index (χ4n) is 2.86. The zero-order chi connectivity index (χ0) is 14.4. The fourth-order valence-corrected chi connectivity index (χ4v) is 4.23. The highest BCUT2D eigenvalue weighted by atomic mass is 32.2. The SMILES string of the molecule is CCCNC1(CO)CCCC(Sc2ccc(F)cc2)C1. The molecular formula is C16H24FNOS. The highest BCUT2D eigenvalue weighted by Gasteiger charge is 2.35. The lowest BCUT2D eigenvalue weighted by Crippen LogP contribution is -2.52. The minimum atomic E-state index is -0.188. The van der Waals surface area contributed by atoms with Gasteiger partial charge in [0.25, 0.3) is 0 Å². The van der Waals surface area contributed by atoms with Gasteiger partial charge < -0.3 is 10.4 Å². The standard InChI is InChI=1S/C16H24FNOS/c1-2-10-18-16(12-19)9-3-4-15(11-16)20-14-7-5-13(17)6-8-14/h5-8,15,18-19H,2-4,9-12H2,1H3. The quantitative estimate of drug-likeness (QED) is 0.841. The van der Waals surface area contributed by atoms with Crippen LogP contribution in [0.5, 0.6) is 0 Å². The first kappa shape index (κ1) is 15.8. The molecule has 0 spiro atoms. The molecule has 112 valence electrons. The third kappa shape index (κ3) is 4.21. The van der Waals surface area contributed by atoms with Gasteiger partial charge in [0.05, 0.1) is 6.61 Å². The first-order chi connectivity index (χ1) is 9.67. The van der Waals surface area contributed by atoms with Crippen molar-refractivity contribution in [2.45, 2.75) is 54.7 Å². The second-order valence-corrected chi connectivity index (χ2v) is 7.03. The highest BCUT2D eigenvalue weighted by molar-refractivity contribution is 8.00. The Kier molecular flexibility index (Phi) is 5.87. The summed E-state index contributed by atoms with van der Waals surface area (Å²) in [6, 6.07) is 6.71. The van der Waals surface area contributed by atoms with Gasteiger partial charge in [-0.15, -0.1) is 11.8 Å². The lowest BCUT2D eigenvalue weighted by molar-refractivity contribution is 0.124. The molecule has 1 fully saturated rings. The molecule has 0 aliphatic heterocycles. The lowest BCUT2D eigenvalue weighted by Gasteiger charge is -2.40. The average molecular weight is 297 g/mol. The second kappa shape index (κ2) is 7.43. The maximum atomic E-state index is 12.9. The molecule has 2 rings (SSSR count). The van der Waals surface area contributed by atoms with Crippen molar-refractivity contribution in [1.82, 2.24) is 5.32 Å². The van der Waals surface area contributed by atoms with E-state index in [9.17, 15) is 9.50 Å². The molecule has 2 atom stereocenters. The Morgan fingerprint density at radius 1 is 1.40 bits per heavy atom. The van der Waals surface area contributed by atoms with Gasteiger partial charge in [-0.25, -0.2) is 4.39 Å². The molecule has 0 amide bonds. The van der Waals surface area contributed by atoms with Crippen LogP contribution in [0.1, 0.15) is 39.0 Å². The average Bonchev–Trinajstić information content (AvgIpc) is 2.48. The molecule has 1 aliphatic carbocycles. The van der Waals surface area contributed by atoms with E-state index in [1.807, 2.05) is 12.1 Å². The Bertz CT molecular complexity index is 411. The third-order valence-corrected chi connectivity index (χ3v) is 5.25. The van der Waals surface area contributed by atoms with Gasteiger partial charge in [0.2, 0.25) is 0 Å². The first-order valence-corrected chi connectivity index (χ1v) is 8.33. The molecule has 2 unspecified atom stereocenters. The van der Waals surface area contributed by atoms with Crippen LogP contribution in [0.2, 0.25) is 0 Å². The van der Waals surface area contributed by atoms with E-state index in [1.54, 1.807) is 11.8 Å². The normalized spacial score (nSPS) is 26.6. The molecule has 20 heavy (non-hydrogen) atoms. The summed E-state index contributed by atoms with van der Waals surface area (Å²) in [6.45, 7) is 3.30. The van der Waals surface area contributed by atoms with Gasteiger partial charge in [0.15, 0.2) is 0 Å². The highest BCUT2D eigenvalue weighted by Crippen LogP contribution is 2.38. The summed E-state index contributed by atoms with van der Waals surface area (Å²) < 4.78 is 12.9. The van der Waals surface area contributed by atoms with E-state index in [-0.39, 0.29) is 18.0 Å². The summed E-state index contributed by atoms with van der Waals surface area (Å²) in [7, 11) is 0. The van der Waals surface area contributed by atoms with Crippen molar-refractivity contribution in [3.8, 4) is 0 Å². The van der Waals surface area contributed by atoms with Crippen molar-refractivity contribution in [1.29, 1.82) is 0 Å². The predicted molar refractivity (Wildman–Crippen MR) is 82.6 cm³/mol. The van der Waals surface area contributed by atoms with Crippen molar-refractivity contribution in [3.63, 3.8) is 0 Å². The van der Waals surface area contributed by atoms with E-state index < -0.39 is 0 Å². The minimum absolute atomic E-state index is 0.119. The van der Waals surface area contributed by atoms with Crippen LogP contribution in [-0.2, 0) is 0 Å². The molecule has 1 aromatic rings. The van der Waals surface area contributed by atoms with Crippen LogP contribution in [0.15, 0.2) is 29.2 Å². The van der Waals surface area contributed by atoms with Crippen molar-refractivity contribution in [2.75, 3.05) is 13.2 Å². The predicted octanol–water partition coefficient (Wildman–Crippen LogP) is 3.59. The number of nitrogens with one attached hydrogen (secondary N) is 1. The molecule has 1 saturated carbocycles. The third-order valence-electron chi connectivity index (χ3n) is 3.97. The van der Waals surface area contributed by atoms with Crippen LogP contribution >= 0.6 is 11.8 Å². The van der Waals surface area contributed by atoms with Crippen molar-refractivity contribution in [3.05, 3.63) is 30.1 Å². The molecular weight excluding hydrogens is 273 g/mol. The number of thioether (sulfide) groups is 1. The number of aliphatic hydroxyl groups is 1. The van der Waals surface area contributed by atoms with Gasteiger partial charge in [-0.2, -0.15) is 0 Å². The number of hydrogen-bond donors (Lipinski definition) is 2. The Hall–Kier alpha value is -0.580. The maximum absolute atomic E-state index is 12.9. The fraction of sp³-hybridized carbons (Fsp3) is 0.625. The van der Waals surface area contributed by atoms with Crippen molar-refractivity contribution in [2.24, 2.45) is 0 Å². The zero-order valence-electron chi connectivity index (χ0n) is 12.1. The summed E-state index contributed by atoms with van der Waals surface area (Å²) in [5, 5.41) is 13.8. The number of benzene rings is 1. The summed E-state index contributed by atoms with van der Waals surface area (Å²) in [5.74, 6) is -0.188. The Morgan fingerprint density at radius 3 is 2.80 bits per heavy atom. The summed E-state index contributed by atoms with van der Waals surface area (Å²) in [6.07, 6.45) is 5.40. The molecule has 1 aromatic carbocycles. The summed E-state index contributed by atoms with van der Waals surface area (Å²) >= 11 is 1.81. The zero-order valence-corrected chi connectivity index (χ0v) is 12.9. The first-order valence-electron chi connectivity index (χ1n) is 7.45. The molecule has 0 aromatic heterocycles. The van der Waals surface area contributed by atoms with E-state index in [0.717, 1.165) is 43.5 Å². The van der Waals surface area contributed by atoms with Crippen LogP contribution in [0.3, 0.4) is 0 Å². The van der Waals surface area contributed by atoms with Crippen LogP contribution < -0.4 is 5.32 Å². The van der Waals surface area contributed by atoms with E-state index in [0.29, 0.717) is 5.25 Å². The Labute approximate surface area is 125 Å². The molecule has 2 N–H and O–H groups in total. The van der Waals surface area contributed by atoms with Gasteiger partial charge in [-0.1, -0.05) is 13.3 Å². The Balaban J connectivity index is 1.96. The molecule has 0 radical (unpaired) electrons. The van der Waals surface area contributed by atoms with Gasteiger partial charge in [-0.3, -0.25) is 0 Å². The molecule has 0 saturated heterocycles. The maximum Gasteiger partial charge on any atom is 0.123 e. The molecule has 4 heteroatoms. The minimum Gasteiger partial charge on any atom is -0.394 e. The second-order valence-electron chi connectivity index (χ2n) is 5.66. The van der Waals surface area contributed by atoms with E-state index in [1.165, 1.54) is 12.1 Å². The van der Waals surface area contributed by atoms with Gasteiger partial charge in [0, 0.05) is 15.7 Å². The topological polar surface area (TPSA) is 32.3 Å². The van der Waals surface area contributed by atoms with E-state index >= 15 is 0 Å². The Morgan fingerprint density at radius 2 is 2.15 bits per heavy atom. The largest absolute Gasteiger partial charge is 0.394 e. The number of halogens is 1. The number of hydrogen-bond acceptors (Lipinski definition) is 3. The number of rotatable bonds is 6. The monoisotopic (exact) mass is 297 g/mol. The van der Waals surface area contributed by atoms with E-state index in [4.69, 9.17) is 0 Å². The van der Waals surface area contributed by atoms with E-state index in [2.05, 4.69) is 12.2 Å². The van der Waals surface area contributed by atoms with Crippen molar-refractivity contribution >= 4 is 11.8 Å².